The molecular weight excluding hydrogens is 344 g/mol. The van der Waals surface area contributed by atoms with Crippen LogP contribution in [0.4, 0.5) is 5.69 Å². The monoisotopic (exact) mass is 368 g/mol. The van der Waals surface area contributed by atoms with Crippen molar-refractivity contribution in [2.75, 3.05) is 44.9 Å². The molecule has 1 amide bonds. The SMILES string of the molecule is COc1ccccc1N1CC[C@@H](CNC(=O)c2ccc3c(c2)OCCO3)C1. The Bertz CT molecular complexity index is 824. The first-order chi connectivity index (χ1) is 13.2. The molecule has 142 valence electrons. The van der Waals surface area contributed by atoms with Crippen LogP contribution in [0.15, 0.2) is 42.5 Å². The lowest BCUT2D eigenvalue weighted by Gasteiger charge is -2.21. The number of nitrogens with zero attached hydrogens (tertiary/aromatic N) is 1. The van der Waals surface area contributed by atoms with Gasteiger partial charge in [-0.1, -0.05) is 12.1 Å². The predicted molar refractivity (Wildman–Crippen MR) is 103 cm³/mol. The number of hydrogen-bond acceptors (Lipinski definition) is 5. The van der Waals surface area contributed by atoms with Gasteiger partial charge in [-0.3, -0.25) is 4.79 Å². The van der Waals surface area contributed by atoms with Crippen molar-refractivity contribution in [1.29, 1.82) is 0 Å². The van der Waals surface area contributed by atoms with Crippen molar-refractivity contribution in [2.24, 2.45) is 5.92 Å². The van der Waals surface area contributed by atoms with Crippen molar-refractivity contribution < 1.29 is 19.0 Å². The van der Waals surface area contributed by atoms with E-state index in [1.54, 1.807) is 25.3 Å². The van der Waals surface area contributed by atoms with Gasteiger partial charge in [-0.15, -0.1) is 0 Å². The van der Waals surface area contributed by atoms with Crippen LogP contribution >= 0.6 is 0 Å². The first-order valence-corrected chi connectivity index (χ1v) is 9.30. The average molecular weight is 368 g/mol. The average Bonchev–Trinajstić information content (AvgIpc) is 3.20. The van der Waals surface area contributed by atoms with Crippen molar-refractivity contribution in [1.82, 2.24) is 5.32 Å². The zero-order chi connectivity index (χ0) is 18.6. The van der Waals surface area contributed by atoms with Crippen LogP contribution in [0.3, 0.4) is 0 Å². The molecule has 0 saturated carbocycles. The van der Waals surface area contributed by atoms with Gasteiger partial charge in [0.2, 0.25) is 0 Å². The normalized spacial score (nSPS) is 18.3. The number of carbonyl (C=O) groups excluding carboxylic acids is 1. The van der Waals surface area contributed by atoms with Gasteiger partial charge in [0.05, 0.1) is 12.8 Å². The molecule has 1 saturated heterocycles. The van der Waals surface area contributed by atoms with Gasteiger partial charge in [0.25, 0.3) is 5.91 Å². The van der Waals surface area contributed by atoms with E-state index in [2.05, 4.69) is 16.3 Å². The van der Waals surface area contributed by atoms with Gasteiger partial charge in [0.15, 0.2) is 11.5 Å². The highest BCUT2D eigenvalue weighted by atomic mass is 16.6. The molecule has 0 unspecified atom stereocenters. The van der Waals surface area contributed by atoms with Crippen LogP contribution in [0.2, 0.25) is 0 Å². The van der Waals surface area contributed by atoms with Crippen LogP contribution in [0.1, 0.15) is 16.8 Å². The van der Waals surface area contributed by atoms with Gasteiger partial charge >= 0.3 is 0 Å². The van der Waals surface area contributed by atoms with Crippen LogP contribution in [-0.2, 0) is 0 Å². The Morgan fingerprint density at radius 2 is 2.00 bits per heavy atom. The Kier molecular flexibility index (Phi) is 5.05. The van der Waals surface area contributed by atoms with Crippen LogP contribution in [0.25, 0.3) is 0 Å². The fourth-order valence-electron chi connectivity index (χ4n) is 3.63. The molecule has 4 rings (SSSR count). The molecule has 1 fully saturated rings. The lowest BCUT2D eigenvalue weighted by atomic mass is 10.1. The molecule has 1 atom stereocenters. The molecule has 2 aliphatic rings. The van der Waals surface area contributed by atoms with Crippen LogP contribution in [-0.4, -0.2) is 45.9 Å². The van der Waals surface area contributed by atoms with E-state index in [1.807, 2.05) is 18.2 Å². The number of nitrogens with one attached hydrogen (secondary N) is 1. The summed E-state index contributed by atoms with van der Waals surface area (Å²) in [6.45, 7) is 3.58. The first-order valence-electron chi connectivity index (χ1n) is 9.30. The maximum absolute atomic E-state index is 12.5. The number of fused-ring (bicyclic) bond motifs is 1. The largest absolute Gasteiger partial charge is 0.495 e. The molecule has 2 heterocycles. The highest BCUT2D eigenvalue weighted by Gasteiger charge is 2.25. The van der Waals surface area contributed by atoms with Crippen molar-refractivity contribution in [3.8, 4) is 17.2 Å². The molecule has 2 aromatic rings. The number of hydrogen-bond donors (Lipinski definition) is 1. The number of amides is 1. The first kappa shape index (κ1) is 17.5. The molecule has 6 nitrogen and oxygen atoms in total. The predicted octanol–water partition coefficient (Wildman–Crippen LogP) is 2.72. The maximum Gasteiger partial charge on any atom is 0.251 e. The summed E-state index contributed by atoms with van der Waals surface area (Å²) in [5, 5.41) is 3.06. The summed E-state index contributed by atoms with van der Waals surface area (Å²) in [4.78, 5) is 14.8. The quantitative estimate of drug-likeness (QED) is 0.879. The summed E-state index contributed by atoms with van der Waals surface area (Å²) in [5.74, 6) is 2.55. The number of ether oxygens (including phenoxy) is 3. The van der Waals surface area contributed by atoms with Crippen molar-refractivity contribution >= 4 is 11.6 Å². The molecule has 2 aromatic carbocycles. The van der Waals surface area contributed by atoms with E-state index in [0.29, 0.717) is 42.7 Å². The van der Waals surface area contributed by atoms with E-state index >= 15 is 0 Å². The van der Waals surface area contributed by atoms with Crippen LogP contribution in [0, 0.1) is 5.92 Å². The smallest absolute Gasteiger partial charge is 0.251 e. The molecular formula is C21H24N2O4. The second kappa shape index (κ2) is 7.78. The molecule has 27 heavy (non-hydrogen) atoms. The summed E-state index contributed by atoms with van der Waals surface area (Å²) >= 11 is 0. The summed E-state index contributed by atoms with van der Waals surface area (Å²) < 4.78 is 16.5. The standard InChI is InChI=1S/C21H24N2O4/c1-25-18-5-3-2-4-17(18)23-9-8-15(14-23)13-22-21(24)16-6-7-19-20(12-16)27-11-10-26-19/h2-7,12,15H,8-11,13-14H2,1H3,(H,22,24)/t15-/m0/s1. The van der Waals surface area contributed by atoms with Crippen molar-refractivity contribution in [2.45, 2.75) is 6.42 Å². The summed E-state index contributed by atoms with van der Waals surface area (Å²) in [6, 6.07) is 13.4. The Morgan fingerprint density at radius 1 is 1.19 bits per heavy atom. The number of methoxy groups -OCH3 is 1. The molecule has 0 aliphatic carbocycles. The van der Waals surface area contributed by atoms with Crippen molar-refractivity contribution in [3.05, 3.63) is 48.0 Å². The minimum absolute atomic E-state index is 0.0808. The molecule has 2 aliphatic heterocycles. The molecule has 0 aromatic heterocycles. The fourth-order valence-corrected chi connectivity index (χ4v) is 3.63. The van der Waals surface area contributed by atoms with E-state index in [-0.39, 0.29) is 5.91 Å². The Balaban J connectivity index is 1.34. The summed E-state index contributed by atoms with van der Waals surface area (Å²) in [5.41, 5.74) is 1.71. The van der Waals surface area contributed by atoms with Gasteiger partial charge in [0.1, 0.15) is 19.0 Å². The van der Waals surface area contributed by atoms with E-state index < -0.39 is 0 Å². The summed E-state index contributed by atoms with van der Waals surface area (Å²) in [6.07, 6.45) is 1.04. The highest BCUT2D eigenvalue weighted by Crippen LogP contribution is 2.32. The maximum atomic E-state index is 12.5. The third kappa shape index (κ3) is 3.79. The highest BCUT2D eigenvalue weighted by molar-refractivity contribution is 5.94. The fraction of sp³-hybridized carbons (Fsp3) is 0.381. The topological polar surface area (TPSA) is 60.0 Å². The zero-order valence-corrected chi connectivity index (χ0v) is 15.4. The molecule has 1 N–H and O–H groups in total. The van der Waals surface area contributed by atoms with Gasteiger partial charge < -0.3 is 24.4 Å². The van der Waals surface area contributed by atoms with Gasteiger partial charge in [-0.05, 0) is 42.7 Å². The third-order valence-corrected chi connectivity index (χ3v) is 5.07. The number of carbonyl (C=O) groups is 1. The van der Waals surface area contributed by atoms with Crippen LogP contribution in [0.5, 0.6) is 17.2 Å². The Morgan fingerprint density at radius 3 is 2.85 bits per heavy atom. The van der Waals surface area contributed by atoms with Crippen LogP contribution < -0.4 is 24.4 Å². The van der Waals surface area contributed by atoms with Gasteiger partial charge in [-0.2, -0.15) is 0 Å². The molecule has 6 heteroatoms. The zero-order valence-electron chi connectivity index (χ0n) is 15.4. The van der Waals surface area contributed by atoms with E-state index in [9.17, 15) is 4.79 Å². The number of benzene rings is 2. The minimum Gasteiger partial charge on any atom is -0.495 e. The number of anilines is 1. The van der Waals surface area contributed by atoms with Gasteiger partial charge in [-0.25, -0.2) is 0 Å². The Labute approximate surface area is 159 Å². The van der Waals surface area contributed by atoms with E-state index in [1.165, 1.54) is 0 Å². The third-order valence-electron chi connectivity index (χ3n) is 5.07. The Hall–Kier alpha value is -2.89. The number of para-hydroxylation sites is 2. The summed E-state index contributed by atoms with van der Waals surface area (Å²) in [7, 11) is 1.69. The van der Waals surface area contributed by atoms with E-state index in [4.69, 9.17) is 14.2 Å². The second-order valence-electron chi connectivity index (χ2n) is 6.84. The molecule has 0 radical (unpaired) electrons. The lowest BCUT2D eigenvalue weighted by Crippen LogP contribution is -2.31. The van der Waals surface area contributed by atoms with Crippen molar-refractivity contribution in [3.63, 3.8) is 0 Å². The molecule has 0 spiro atoms. The van der Waals surface area contributed by atoms with Gasteiger partial charge in [0, 0.05) is 25.2 Å². The number of rotatable bonds is 5. The second-order valence-corrected chi connectivity index (χ2v) is 6.84. The lowest BCUT2D eigenvalue weighted by molar-refractivity contribution is 0.0947. The minimum atomic E-state index is -0.0808. The molecule has 0 bridgehead atoms. The van der Waals surface area contributed by atoms with E-state index in [0.717, 1.165) is 30.9 Å².